The van der Waals surface area contributed by atoms with Crippen LogP contribution in [0.5, 0.6) is 5.75 Å². The first-order valence-electron chi connectivity index (χ1n) is 8.81. The summed E-state index contributed by atoms with van der Waals surface area (Å²) in [7, 11) is 3.44. The number of nitrogens with zero attached hydrogens (tertiary/aromatic N) is 2. The summed E-state index contributed by atoms with van der Waals surface area (Å²) in [6.45, 7) is 1.51. The van der Waals surface area contributed by atoms with E-state index in [-0.39, 0.29) is 0 Å². The number of ether oxygens (including phenoxy) is 1. The molecule has 0 unspecified atom stereocenters. The molecule has 5 heteroatoms. The van der Waals surface area contributed by atoms with Crippen LogP contribution in [0, 0.1) is 11.3 Å². The van der Waals surface area contributed by atoms with E-state index in [1.807, 2.05) is 30.3 Å². The Bertz CT molecular complexity index is 747. The molecule has 0 aromatic heterocycles. The number of hydrogen-bond donors (Lipinski definition) is 2. The van der Waals surface area contributed by atoms with Gasteiger partial charge in [0.05, 0.1) is 18.7 Å². The van der Waals surface area contributed by atoms with Crippen molar-refractivity contribution in [1.29, 1.82) is 5.26 Å². The van der Waals surface area contributed by atoms with E-state index in [1.54, 1.807) is 20.2 Å². The molecular weight excluding hydrogens is 324 g/mol. The Hall–Kier alpha value is -3.00. The van der Waals surface area contributed by atoms with Crippen molar-refractivity contribution in [3.8, 4) is 11.8 Å². The topological polar surface area (TPSA) is 69.4 Å². The lowest BCUT2D eigenvalue weighted by molar-refractivity contribution is 0.414. The lowest BCUT2D eigenvalue weighted by atomic mass is 10.1. The maximum Gasteiger partial charge on any atom is 0.191 e. The lowest BCUT2D eigenvalue weighted by Gasteiger charge is -2.12. The minimum absolute atomic E-state index is 0.640. The van der Waals surface area contributed by atoms with Crippen molar-refractivity contribution in [2.24, 2.45) is 4.99 Å². The van der Waals surface area contributed by atoms with Crippen LogP contribution in [0.4, 0.5) is 0 Å². The highest BCUT2D eigenvalue weighted by atomic mass is 16.5. The van der Waals surface area contributed by atoms with Crippen LogP contribution in [0.3, 0.4) is 0 Å². The van der Waals surface area contributed by atoms with E-state index in [0.717, 1.165) is 43.1 Å². The molecule has 0 aliphatic rings. The fourth-order valence-corrected chi connectivity index (χ4v) is 2.61. The quantitative estimate of drug-likeness (QED) is 0.436. The molecule has 0 saturated carbocycles. The number of unbranched alkanes of at least 4 members (excludes halogenated alkanes) is 1. The average molecular weight is 350 g/mol. The molecule has 0 heterocycles. The number of aliphatic imine (C=N–C) groups is 1. The zero-order valence-corrected chi connectivity index (χ0v) is 15.5. The van der Waals surface area contributed by atoms with E-state index in [0.29, 0.717) is 12.1 Å². The SMILES string of the molecule is CN=C(NCCCCc1ccc(OC)cc1)NCc1cccc(C#N)c1. The molecule has 0 bridgehead atoms. The normalized spacial score (nSPS) is 10.9. The monoisotopic (exact) mass is 350 g/mol. The molecule has 2 rings (SSSR count). The zero-order valence-electron chi connectivity index (χ0n) is 15.5. The molecule has 2 aromatic carbocycles. The number of nitriles is 1. The van der Waals surface area contributed by atoms with Crippen LogP contribution >= 0.6 is 0 Å². The van der Waals surface area contributed by atoms with E-state index in [9.17, 15) is 0 Å². The van der Waals surface area contributed by atoms with Gasteiger partial charge in [-0.05, 0) is 54.7 Å². The second-order valence-electron chi connectivity index (χ2n) is 5.97. The zero-order chi connectivity index (χ0) is 18.6. The van der Waals surface area contributed by atoms with Crippen molar-refractivity contribution < 1.29 is 4.74 Å². The van der Waals surface area contributed by atoms with Gasteiger partial charge in [0.1, 0.15) is 5.75 Å². The predicted octanol–water partition coefficient (Wildman–Crippen LogP) is 3.25. The molecule has 0 saturated heterocycles. The molecule has 2 N–H and O–H groups in total. The first-order valence-corrected chi connectivity index (χ1v) is 8.81. The van der Waals surface area contributed by atoms with Crippen molar-refractivity contribution in [2.75, 3.05) is 20.7 Å². The summed E-state index contributed by atoms with van der Waals surface area (Å²) in [4.78, 5) is 4.24. The van der Waals surface area contributed by atoms with Crippen molar-refractivity contribution >= 4 is 5.96 Å². The Kier molecular flexibility index (Phi) is 8.01. The third-order valence-electron chi connectivity index (χ3n) is 4.08. The van der Waals surface area contributed by atoms with Crippen molar-refractivity contribution in [2.45, 2.75) is 25.8 Å². The number of aryl methyl sites for hydroxylation is 1. The van der Waals surface area contributed by atoms with Gasteiger partial charge in [-0.25, -0.2) is 0 Å². The fourth-order valence-electron chi connectivity index (χ4n) is 2.61. The number of guanidine groups is 1. The fraction of sp³-hybridized carbons (Fsp3) is 0.333. The first kappa shape index (κ1) is 19.3. The second kappa shape index (κ2) is 10.8. The summed E-state index contributed by atoms with van der Waals surface area (Å²) in [5, 5.41) is 15.5. The molecule has 0 amide bonds. The molecule has 0 aliphatic carbocycles. The van der Waals surface area contributed by atoms with Gasteiger partial charge in [-0.15, -0.1) is 0 Å². The van der Waals surface area contributed by atoms with Crippen molar-refractivity contribution in [1.82, 2.24) is 10.6 Å². The van der Waals surface area contributed by atoms with E-state index in [2.05, 4.69) is 33.8 Å². The summed E-state index contributed by atoms with van der Waals surface area (Å²) in [5.74, 6) is 1.67. The summed E-state index contributed by atoms with van der Waals surface area (Å²) in [6, 6.07) is 18.0. The highest BCUT2D eigenvalue weighted by Crippen LogP contribution is 2.13. The van der Waals surface area contributed by atoms with E-state index < -0.39 is 0 Å². The Morgan fingerprint density at radius 2 is 1.88 bits per heavy atom. The van der Waals surface area contributed by atoms with Crippen molar-refractivity contribution in [3.05, 3.63) is 65.2 Å². The van der Waals surface area contributed by atoms with Crippen LogP contribution in [-0.4, -0.2) is 26.7 Å². The molecule has 0 atom stereocenters. The molecule has 5 nitrogen and oxygen atoms in total. The van der Waals surface area contributed by atoms with Crippen LogP contribution < -0.4 is 15.4 Å². The smallest absolute Gasteiger partial charge is 0.191 e. The van der Waals surface area contributed by atoms with Crippen LogP contribution in [-0.2, 0) is 13.0 Å². The highest BCUT2D eigenvalue weighted by Gasteiger charge is 2.00. The van der Waals surface area contributed by atoms with Crippen molar-refractivity contribution in [3.63, 3.8) is 0 Å². The number of rotatable bonds is 8. The van der Waals surface area contributed by atoms with E-state index >= 15 is 0 Å². The minimum Gasteiger partial charge on any atom is -0.497 e. The Labute approximate surface area is 155 Å². The number of hydrogen-bond acceptors (Lipinski definition) is 3. The van der Waals surface area contributed by atoms with Gasteiger partial charge in [0.15, 0.2) is 5.96 Å². The van der Waals surface area contributed by atoms with Gasteiger partial charge in [-0.3, -0.25) is 4.99 Å². The molecule has 136 valence electrons. The number of nitrogens with one attached hydrogen (secondary N) is 2. The minimum atomic E-state index is 0.640. The molecular formula is C21H26N4O. The molecule has 26 heavy (non-hydrogen) atoms. The molecule has 2 aromatic rings. The lowest BCUT2D eigenvalue weighted by Crippen LogP contribution is -2.37. The van der Waals surface area contributed by atoms with Gasteiger partial charge in [0.2, 0.25) is 0 Å². The van der Waals surface area contributed by atoms with Crippen LogP contribution in [0.25, 0.3) is 0 Å². The van der Waals surface area contributed by atoms with Gasteiger partial charge in [-0.1, -0.05) is 24.3 Å². The molecule has 0 fully saturated rings. The average Bonchev–Trinajstić information content (AvgIpc) is 2.70. The predicted molar refractivity (Wildman–Crippen MR) is 105 cm³/mol. The first-order chi connectivity index (χ1) is 12.7. The number of methoxy groups -OCH3 is 1. The van der Waals surface area contributed by atoms with Gasteiger partial charge in [0, 0.05) is 20.1 Å². The summed E-state index contributed by atoms with van der Waals surface area (Å²) in [6.07, 6.45) is 3.23. The highest BCUT2D eigenvalue weighted by molar-refractivity contribution is 5.79. The van der Waals surface area contributed by atoms with Gasteiger partial charge in [-0.2, -0.15) is 5.26 Å². The van der Waals surface area contributed by atoms with Crippen LogP contribution in [0.1, 0.15) is 29.5 Å². The van der Waals surface area contributed by atoms with E-state index in [1.165, 1.54) is 5.56 Å². The maximum absolute atomic E-state index is 8.95. The number of benzene rings is 2. The Morgan fingerprint density at radius 1 is 1.08 bits per heavy atom. The third-order valence-corrected chi connectivity index (χ3v) is 4.08. The Morgan fingerprint density at radius 3 is 2.58 bits per heavy atom. The maximum atomic E-state index is 8.95. The Balaban J connectivity index is 1.66. The molecule has 0 spiro atoms. The second-order valence-corrected chi connectivity index (χ2v) is 5.97. The van der Waals surface area contributed by atoms with Crippen LogP contribution in [0.2, 0.25) is 0 Å². The van der Waals surface area contributed by atoms with Crippen LogP contribution in [0.15, 0.2) is 53.5 Å². The molecule has 0 aliphatic heterocycles. The summed E-state index contributed by atoms with van der Waals surface area (Å²) >= 11 is 0. The van der Waals surface area contributed by atoms with Gasteiger partial charge in [0.25, 0.3) is 0 Å². The summed E-state index contributed by atoms with van der Waals surface area (Å²) < 4.78 is 5.17. The van der Waals surface area contributed by atoms with Gasteiger partial charge >= 0.3 is 0 Å². The van der Waals surface area contributed by atoms with Gasteiger partial charge < -0.3 is 15.4 Å². The van der Waals surface area contributed by atoms with E-state index in [4.69, 9.17) is 10.00 Å². The largest absolute Gasteiger partial charge is 0.497 e. The third kappa shape index (κ3) is 6.48. The summed E-state index contributed by atoms with van der Waals surface area (Å²) in [5.41, 5.74) is 3.06. The molecule has 0 radical (unpaired) electrons. The standard InChI is InChI=1S/C21H26N4O/c1-23-21(25-16-19-8-5-7-18(14-19)15-22)24-13-4-3-6-17-9-11-20(26-2)12-10-17/h5,7-12,14H,3-4,6,13,16H2,1-2H3,(H2,23,24,25).